The van der Waals surface area contributed by atoms with Crippen LogP contribution in [-0.2, 0) is 4.79 Å². The molecule has 0 aromatic carbocycles. The number of aromatic nitrogens is 2. The van der Waals surface area contributed by atoms with E-state index in [9.17, 15) is 10.1 Å². The highest BCUT2D eigenvalue weighted by molar-refractivity contribution is 8.00. The number of rotatable bonds is 4. The molecule has 0 unspecified atom stereocenters. The van der Waals surface area contributed by atoms with Crippen LogP contribution in [0.2, 0.25) is 0 Å². The summed E-state index contributed by atoms with van der Waals surface area (Å²) >= 11 is 1.34. The number of hydrogen-bond donors (Lipinski definition) is 0. The molecule has 0 saturated heterocycles. The molecule has 0 radical (unpaired) electrons. The van der Waals surface area contributed by atoms with Crippen molar-refractivity contribution in [3.05, 3.63) is 17.1 Å². The summed E-state index contributed by atoms with van der Waals surface area (Å²) in [4.78, 5) is 22.8. The predicted molar refractivity (Wildman–Crippen MR) is 91.1 cm³/mol. The van der Waals surface area contributed by atoms with Crippen molar-refractivity contribution < 1.29 is 4.79 Å². The fourth-order valence-corrected chi connectivity index (χ4v) is 3.98. The van der Waals surface area contributed by atoms with E-state index < -0.39 is 0 Å². The van der Waals surface area contributed by atoms with E-state index in [1.54, 1.807) is 13.8 Å². The minimum atomic E-state index is 0.104. The zero-order valence-corrected chi connectivity index (χ0v) is 15.1. The summed E-state index contributed by atoms with van der Waals surface area (Å²) in [6, 6.07) is 2.49. The average molecular weight is 332 g/mol. The van der Waals surface area contributed by atoms with E-state index in [-0.39, 0.29) is 5.91 Å². The van der Waals surface area contributed by atoms with E-state index in [1.165, 1.54) is 24.6 Å². The van der Waals surface area contributed by atoms with E-state index in [2.05, 4.69) is 23.0 Å². The van der Waals surface area contributed by atoms with Gasteiger partial charge in [0.25, 0.3) is 0 Å². The van der Waals surface area contributed by atoms with E-state index >= 15 is 0 Å². The Morgan fingerprint density at radius 1 is 1.30 bits per heavy atom. The second kappa shape index (κ2) is 7.78. The van der Waals surface area contributed by atoms with Gasteiger partial charge in [-0.25, -0.2) is 9.97 Å². The lowest BCUT2D eigenvalue weighted by molar-refractivity contribution is -0.129. The van der Waals surface area contributed by atoms with Gasteiger partial charge >= 0.3 is 0 Å². The largest absolute Gasteiger partial charge is 0.342 e. The fourth-order valence-electron chi connectivity index (χ4n) is 2.98. The highest BCUT2D eigenvalue weighted by Gasteiger charge is 2.25. The van der Waals surface area contributed by atoms with Crippen LogP contribution in [0.1, 0.15) is 49.7 Å². The smallest absolute Gasteiger partial charge is 0.232 e. The van der Waals surface area contributed by atoms with Gasteiger partial charge in [-0.1, -0.05) is 18.7 Å². The maximum atomic E-state index is 12.4. The average Bonchev–Trinajstić information content (AvgIpc) is 2.52. The quantitative estimate of drug-likeness (QED) is 0.626. The zero-order chi connectivity index (χ0) is 17.0. The molecule has 124 valence electrons. The van der Waals surface area contributed by atoms with Gasteiger partial charge in [-0.05, 0) is 45.4 Å². The third kappa shape index (κ3) is 4.44. The molecule has 1 saturated carbocycles. The van der Waals surface area contributed by atoms with E-state index in [4.69, 9.17) is 0 Å². The summed E-state index contributed by atoms with van der Waals surface area (Å²) in [6.07, 6.45) is 4.56. The number of carbonyl (C=O) groups is 1. The molecule has 0 spiro atoms. The Hall–Kier alpha value is -1.61. The van der Waals surface area contributed by atoms with Gasteiger partial charge in [-0.2, -0.15) is 5.26 Å². The normalized spacial score (nSPS) is 20.8. The molecule has 1 fully saturated rings. The molecule has 23 heavy (non-hydrogen) atoms. The zero-order valence-electron chi connectivity index (χ0n) is 14.3. The van der Waals surface area contributed by atoms with Gasteiger partial charge in [0, 0.05) is 13.1 Å². The van der Waals surface area contributed by atoms with Crippen molar-refractivity contribution in [2.75, 3.05) is 12.8 Å². The highest BCUT2D eigenvalue weighted by atomic mass is 32.2. The topological polar surface area (TPSA) is 69.9 Å². The summed E-state index contributed by atoms with van der Waals surface area (Å²) in [7, 11) is 1.89. The first kappa shape index (κ1) is 17.7. The fraction of sp³-hybridized carbons (Fsp3) is 0.647. The molecule has 5 nitrogen and oxygen atoms in total. The van der Waals surface area contributed by atoms with Gasteiger partial charge < -0.3 is 4.90 Å². The first-order valence-corrected chi connectivity index (χ1v) is 9.04. The second-order valence-corrected chi connectivity index (χ2v) is 7.32. The third-order valence-electron chi connectivity index (χ3n) is 4.54. The third-order valence-corrected chi connectivity index (χ3v) is 5.50. The van der Waals surface area contributed by atoms with Crippen LogP contribution < -0.4 is 0 Å². The van der Waals surface area contributed by atoms with Crippen LogP contribution in [0.25, 0.3) is 0 Å². The summed E-state index contributed by atoms with van der Waals surface area (Å²) < 4.78 is 0. The molecule has 0 N–H and O–H groups in total. The van der Waals surface area contributed by atoms with E-state index in [0.29, 0.717) is 33.9 Å². The van der Waals surface area contributed by atoms with Gasteiger partial charge in [-0.3, -0.25) is 4.79 Å². The first-order valence-electron chi connectivity index (χ1n) is 8.06. The molecular formula is C17H24N4OS. The van der Waals surface area contributed by atoms with Gasteiger partial charge in [0.05, 0.1) is 11.4 Å². The molecule has 6 heteroatoms. The van der Waals surface area contributed by atoms with Crippen molar-refractivity contribution in [3.8, 4) is 6.07 Å². The van der Waals surface area contributed by atoms with Gasteiger partial charge in [0.1, 0.15) is 22.5 Å². The molecule has 1 aromatic rings. The lowest BCUT2D eigenvalue weighted by atomic mass is 9.87. The van der Waals surface area contributed by atoms with Crippen molar-refractivity contribution in [1.29, 1.82) is 5.26 Å². The molecule has 1 amide bonds. The highest BCUT2D eigenvalue weighted by Crippen LogP contribution is 2.28. The van der Waals surface area contributed by atoms with Crippen molar-refractivity contribution in [3.63, 3.8) is 0 Å². The second-order valence-electron chi connectivity index (χ2n) is 6.36. The van der Waals surface area contributed by atoms with Crippen LogP contribution >= 0.6 is 11.8 Å². The minimum Gasteiger partial charge on any atom is -0.342 e. The number of amides is 1. The summed E-state index contributed by atoms with van der Waals surface area (Å²) in [5.74, 6) is 1.82. The van der Waals surface area contributed by atoms with Gasteiger partial charge in [0.15, 0.2) is 0 Å². The Labute approximate surface area is 142 Å². The van der Waals surface area contributed by atoms with Gasteiger partial charge in [-0.15, -0.1) is 0 Å². The Morgan fingerprint density at radius 3 is 2.57 bits per heavy atom. The molecule has 0 atom stereocenters. The lowest BCUT2D eigenvalue weighted by Crippen LogP contribution is -2.40. The van der Waals surface area contributed by atoms with E-state index in [0.717, 1.165) is 18.8 Å². The number of nitriles is 1. The van der Waals surface area contributed by atoms with Crippen LogP contribution in [0, 0.1) is 31.1 Å². The Balaban J connectivity index is 1.98. The minimum absolute atomic E-state index is 0.104. The molecular weight excluding hydrogens is 308 g/mol. The maximum absolute atomic E-state index is 12.4. The van der Waals surface area contributed by atoms with Crippen LogP contribution in [0.4, 0.5) is 0 Å². The summed E-state index contributed by atoms with van der Waals surface area (Å²) in [5, 5.41) is 9.86. The number of thioether (sulfide) groups is 1. The molecule has 1 aliphatic carbocycles. The van der Waals surface area contributed by atoms with Crippen molar-refractivity contribution in [2.24, 2.45) is 5.92 Å². The summed E-state index contributed by atoms with van der Waals surface area (Å²) in [5.41, 5.74) is 1.15. The molecule has 1 aromatic heterocycles. The molecule has 1 heterocycles. The Morgan fingerprint density at radius 2 is 1.96 bits per heavy atom. The number of carbonyl (C=O) groups excluding carboxylic acids is 1. The number of aryl methyl sites for hydroxylation is 2. The summed E-state index contributed by atoms with van der Waals surface area (Å²) in [6.45, 7) is 5.88. The van der Waals surface area contributed by atoms with Crippen LogP contribution in [0.3, 0.4) is 0 Å². The SMILES string of the molecule is Cc1nc(C)c(C#N)c(SCC(=O)N(C)C2CCC(C)CC2)n1. The molecule has 2 rings (SSSR count). The number of nitrogens with zero attached hydrogens (tertiary/aromatic N) is 4. The Kier molecular flexibility index (Phi) is 6.00. The van der Waals surface area contributed by atoms with E-state index in [1.807, 2.05) is 11.9 Å². The maximum Gasteiger partial charge on any atom is 0.232 e. The van der Waals surface area contributed by atoms with Crippen LogP contribution in [0.15, 0.2) is 5.03 Å². The monoisotopic (exact) mass is 332 g/mol. The van der Waals surface area contributed by atoms with Gasteiger partial charge in [0.2, 0.25) is 5.91 Å². The van der Waals surface area contributed by atoms with Crippen LogP contribution in [-0.4, -0.2) is 39.6 Å². The number of hydrogen-bond acceptors (Lipinski definition) is 5. The lowest BCUT2D eigenvalue weighted by Gasteiger charge is -2.33. The molecule has 0 bridgehead atoms. The van der Waals surface area contributed by atoms with Crippen molar-refractivity contribution in [1.82, 2.24) is 14.9 Å². The van der Waals surface area contributed by atoms with Crippen molar-refractivity contribution in [2.45, 2.75) is 57.5 Å². The first-order chi connectivity index (χ1) is 10.9. The molecule has 1 aliphatic rings. The predicted octanol–water partition coefficient (Wildman–Crippen LogP) is 3.09. The standard InChI is InChI=1S/C17H24N4OS/c1-11-5-7-14(8-6-11)21(4)16(22)10-23-17-15(9-18)12(2)19-13(3)20-17/h11,14H,5-8,10H2,1-4H3. The molecule has 0 aliphatic heterocycles. The Bertz CT molecular complexity index is 618. The van der Waals surface area contributed by atoms with Crippen LogP contribution in [0.5, 0.6) is 0 Å². The van der Waals surface area contributed by atoms with Crippen molar-refractivity contribution >= 4 is 17.7 Å².